The number of hydrogen-bond acceptors (Lipinski definition) is 2. The van der Waals surface area contributed by atoms with Crippen LogP contribution in [0.25, 0.3) is 0 Å². The van der Waals surface area contributed by atoms with Gasteiger partial charge in [-0.3, -0.25) is 9.59 Å². The molecular formula is C11H9BrClNO2. The van der Waals surface area contributed by atoms with Gasteiger partial charge in [-0.1, -0.05) is 15.9 Å². The Kier molecular flexibility index (Phi) is 3.04. The first-order valence-electron chi connectivity index (χ1n) is 4.72. The number of anilines is 1. The van der Waals surface area contributed by atoms with Gasteiger partial charge in [-0.05, 0) is 23.8 Å². The summed E-state index contributed by atoms with van der Waals surface area (Å²) in [6, 6.07) is 5.20. The highest BCUT2D eigenvalue weighted by Crippen LogP contribution is 2.29. The van der Waals surface area contributed by atoms with Gasteiger partial charge in [-0.25, -0.2) is 0 Å². The second-order valence-corrected chi connectivity index (χ2v) is 5.52. The largest absolute Gasteiger partial charge is 0.315 e. The predicted molar refractivity (Wildman–Crippen MR) is 66.5 cm³/mol. The first kappa shape index (κ1) is 11.6. The number of Topliss-reactive ketones (excluding diaryl/α,β-unsaturated/α-hetero) is 1. The molecule has 1 atom stereocenters. The third kappa shape index (κ3) is 1.87. The van der Waals surface area contributed by atoms with Gasteiger partial charge in [-0.15, -0.1) is 11.6 Å². The average molecular weight is 303 g/mol. The molecule has 1 amide bonds. The van der Waals surface area contributed by atoms with Crippen LogP contribution in [0, 0.1) is 0 Å². The average Bonchev–Trinajstić information content (AvgIpc) is 2.53. The van der Waals surface area contributed by atoms with E-state index in [1.54, 1.807) is 30.1 Å². The van der Waals surface area contributed by atoms with E-state index in [4.69, 9.17) is 11.6 Å². The Bertz CT molecular complexity index is 473. The van der Waals surface area contributed by atoms with Gasteiger partial charge < -0.3 is 4.90 Å². The smallest absolute Gasteiger partial charge is 0.231 e. The van der Waals surface area contributed by atoms with E-state index < -0.39 is 4.29 Å². The van der Waals surface area contributed by atoms with Crippen molar-refractivity contribution in [2.75, 3.05) is 11.9 Å². The van der Waals surface area contributed by atoms with Gasteiger partial charge in [-0.2, -0.15) is 0 Å². The number of nitrogens with zero attached hydrogens (tertiary/aromatic N) is 1. The molecule has 0 aliphatic carbocycles. The zero-order valence-electron chi connectivity index (χ0n) is 8.54. The lowest BCUT2D eigenvalue weighted by molar-refractivity contribution is -0.117. The van der Waals surface area contributed by atoms with E-state index in [0.29, 0.717) is 12.0 Å². The van der Waals surface area contributed by atoms with Gasteiger partial charge in [0.25, 0.3) is 0 Å². The van der Waals surface area contributed by atoms with E-state index >= 15 is 0 Å². The van der Waals surface area contributed by atoms with Crippen molar-refractivity contribution in [2.24, 2.45) is 0 Å². The molecule has 0 saturated heterocycles. The zero-order chi connectivity index (χ0) is 11.9. The van der Waals surface area contributed by atoms with Crippen molar-refractivity contribution in [3.05, 3.63) is 29.3 Å². The highest BCUT2D eigenvalue weighted by molar-refractivity contribution is 9.10. The van der Waals surface area contributed by atoms with Crippen molar-refractivity contribution in [1.82, 2.24) is 0 Å². The van der Waals surface area contributed by atoms with Crippen LogP contribution in [0.1, 0.15) is 15.9 Å². The van der Waals surface area contributed by atoms with Crippen LogP contribution < -0.4 is 4.90 Å². The first-order chi connectivity index (χ1) is 7.50. The Balaban J connectivity index is 2.39. The number of benzene rings is 1. The van der Waals surface area contributed by atoms with Gasteiger partial charge in [0.05, 0.1) is 6.42 Å². The highest BCUT2D eigenvalue weighted by Gasteiger charge is 2.25. The van der Waals surface area contributed by atoms with Crippen molar-refractivity contribution >= 4 is 44.9 Å². The van der Waals surface area contributed by atoms with Gasteiger partial charge in [0, 0.05) is 18.3 Å². The molecule has 0 saturated carbocycles. The van der Waals surface area contributed by atoms with Gasteiger partial charge >= 0.3 is 0 Å². The molecule has 3 nitrogen and oxygen atoms in total. The number of alkyl halides is 2. The van der Waals surface area contributed by atoms with Crippen LogP contribution in [0.4, 0.5) is 5.69 Å². The summed E-state index contributed by atoms with van der Waals surface area (Å²) in [5, 5.41) is 0. The lowest BCUT2D eigenvalue weighted by Gasteiger charge is -2.10. The molecule has 0 N–H and O–H groups in total. The fraction of sp³-hybridized carbons (Fsp3) is 0.273. The van der Waals surface area contributed by atoms with E-state index in [0.717, 1.165) is 11.3 Å². The van der Waals surface area contributed by atoms with Crippen LogP contribution >= 0.6 is 27.5 Å². The van der Waals surface area contributed by atoms with E-state index in [-0.39, 0.29) is 11.7 Å². The van der Waals surface area contributed by atoms with Gasteiger partial charge in [0.2, 0.25) is 5.91 Å². The van der Waals surface area contributed by atoms with Crippen LogP contribution in [0.2, 0.25) is 0 Å². The molecule has 16 heavy (non-hydrogen) atoms. The molecule has 0 fully saturated rings. The number of carbonyl (C=O) groups excluding carboxylic acids is 2. The van der Waals surface area contributed by atoms with Crippen LogP contribution in [-0.4, -0.2) is 23.0 Å². The third-order valence-corrected chi connectivity index (χ3v) is 3.25. The van der Waals surface area contributed by atoms with Crippen molar-refractivity contribution in [2.45, 2.75) is 10.7 Å². The maximum Gasteiger partial charge on any atom is 0.231 e. The second-order valence-electron chi connectivity index (χ2n) is 3.64. The van der Waals surface area contributed by atoms with Crippen molar-refractivity contribution in [1.29, 1.82) is 0 Å². The SMILES string of the molecule is CN1C(=O)Cc2cc(C(=O)C(Cl)Br)ccc21. The minimum atomic E-state index is -0.722. The monoisotopic (exact) mass is 301 g/mol. The Morgan fingerprint density at radius 1 is 1.56 bits per heavy atom. The number of ketones is 1. The summed E-state index contributed by atoms with van der Waals surface area (Å²) in [5.41, 5.74) is 2.27. The number of halogens is 2. The molecule has 5 heteroatoms. The van der Waals surface area contributed by atoms with E-state index in [1.165, 1.54) is 0 Å². The topological polar surface area (TPSA) is 37.4 Å². The lowest BCUT2D eigenvalue weighted by atomic mass is 10.1. The van der Waals surface area contributed by atoms with E-state index in [2.05, 4.69) is 15.9 Å². The van der Waals surface area contributed by atoms with Crippen LogP contribution in [0.15, 0.2) is 18.2 Å². The van der Waals surface area contributed by atoms with Crippen molar-refractivity contribution in [3.63, 3.8) is 0 Å². The fourth-order valence-corrected chi connectivity index (χ4v) is 2.14. The summed E-state index contributed by atoms with van der Waals surface area (Å²) in [5.74, 6) is -0.146. The Morgan fingerprint density at radius 2 is 2.25 bits per heavy atom. The normalized spacial score (nSPS) is 16.2. The molecule has 1 unspecified atom stereocenters. The predicted octanol–water partition coefficient (Wildman–Crippen LogP) is 2.35. The summed E-state index contributed by atoms with van der Waals surface area (Å²) in [6.45, 7) is 0. The van der Waals surface area contributed by atoms with Crippen LogP contribution in [0.3, 0.4) is 0 Å². The quantitative estimate of drug-likeness (QED) is 0.621. The Hall–Kier alpha value is -0.870. The summed E-state index contributed by atoms with van der Waals surface area (Å²) in [4.78, 5) is 24.7. The molecule has 0 aromatic heterocycles. The molecule has 0 spiro atoms. The molecule has 1 heterocycles. The first-order valence-corrected chi connectivity index (χ1v) is 6.08. The fourth-order valence-electron chi connectivity index (χ4n) is 1.75. The second kappa shape index (κ2) is 4.18. The zero-order valence-corrected chi connectivity index (χ0v) is 10.9. The minimum Gasteiger partial charge on any atom is -0.315 e. The molecule has 0 bridgehead atoms. The number of fused-ring (bicyclic) bond motifs is 1. The standard InChI is InChI=1S/C11H9BrClNO2/c1-14-8-3-2-6(10(16)11(12)13)4-7(8)5-9(14)15/h2-4,11H,5H2,1H3. The molecule has 1 aromatic rings. The summed E-state index contributed by atoms with van der Waals surface area (Å²) < 4.78 is -0.722. The Morgan fingerprint density at radius 3 is 2.88 bits per heavy atom. The summed E-state index contributed by atoms with van der Waals surface area (Å²) in [7, 11) is 1.73. The van der Waals surface area contributed by atoms with Gasteiger partial charge in [0.15, 0.2) is 10.1 Å². The summed E-state index contributed by atoms with van der Waals surface area (Å²) >= 11 is 8.68. The lowest BCUT2D eigenvalue weighted by Crippen LogP contribution is -2.20. The summed E-state index contributed by atoms with van der Waals surface area (Å²) in [6.07, 6.45) is 0.349. The number of rotatable bonds is 2. The number of hydrogen-bond donors (Lipinski definition) is 0. The Labute approximate surface area is 107 Å². The number of amides is 1. The third-order valence-electron chi connectivity index (χ3n) is 2.64. The maximum atomic E-state index is 11.6. The van der Waals surface area contributed by atoms with E-state index in [9.17, 15) is 9.59 Å². The van der Waals surface area contributed by atoms with E-state index in [1.807, 2.05) is 0 Å². The van der Waals surface area contributed by atoms with Crippen LogP contribution in [0.5, 0.6) is 0 Å². The molecule has 1 aliphatic heterocycles. The number of likely N-dealkylation sites (N-methyl/N-ethyl adjacent to an activating group) is 1. The molecule has 2 rings (SSSR count). The molecule has 84 valence electrons. The molecule has 1 aromatic carbocycles. The molecule has 1 aliphatic rings. The molecule has 0 radical (unpaired) electrons. The minimum absolute atomic E-state index is 0.0425. The maximum absolute atomic E-state index is 11.6. The number of carbonyl (C=O) groups is 2. The molecular weight excluding hydrogens is 293 g/mol. The van der Waals surface area contributed by atoms with Crippen molar-refractivity contribution in [3.8, 4) is 0 Å². The van der Waals surface area contributed by atoms with Crippen molar-refractivity contribution < 1.29 is 9.59 Å². The highest BCUT2D eigenvalue weighted by atomic mass is 79.9. The van der Waals surface area contributed by atoms with Crippen LogP contribution in [-0.2, 0) is 11.2 Å². The van der Waals surface area contributed by atoms with Gasteiger partial charge in [0.1, 0.15) is 0 Å².